The molecule has 5 nitrogen and oxygen atoms in total. The van der Waals surface area contributed by atoms with Crippen molar-refractivity contribution >= 4 is 16.2 Å². The van der Waals surface area contributed by atoms with E-state index in [1.807, 2.05) is 6.07 Å². The summed E-state index contributed by atoms with van der Waals surface area (Å²) in [6, 6.07) is 7.10. The lowest BCUT2D eigenvalue weighted by molar-refractivity contribution is 0.315. The van der Waals surface area contributed by atoms with Gasteiger partial charge in [0.15, 0.2) is 0 Å². The molecule has 2 aliphatic rings. The Hall–Kier alpha value is -1.99. The van der Waals surface area contributed by atoms with Crippen LogP contribution in [0.15, 0.2) is 29.7 Å². The Morgan fingerprint density at radius 2 is 1.90 bits per heavy atom. The third kappa shape index (κ3) is 5.01. The predicted octanol–water partition coefficient (Wildman–Crippen LogP) is 5.44. The fourth-order valence-electron chi connectivity index (χ4n) is 5.05. The van der Waals surface area contributed by atoms with Crippen LogP contribution in [0.2, 0.25) is 0 Å². The number of rotatable bonds is 5. The number of fused-ring (bicyclic) bond motifs is 1. The molecule has 1 N–H and O–H groups in total. The van der Waals surface area contributed by atoms with Gasteiger partial charge < -0.3 is 0 Å². The quantitative estimate of drug-likeness (QED) is 0.504. The number of aromatic nitrogens is 2. The molecule has 1 aromatic carbocycles. The standard InChI is InChI=1S/C23H29FN2O3S/c24-19-9-6-7-17(16-19)15-18-8-4-5-12-21-22(13-14-30(27,28)29)25-26(23(18)21)20-10-2-1-3-11-20/h6-7,9,13-14,16,18,20H,1-5,8,10-12,15H2,(H,27,28,29). The minimum Gasteiger partial charge on any atom is -0.282 e. The molecule has 30 heavy (non-hydrogen) atoms. The first kappa shape index (κ1) is 21.2. The summed E-state index contributed by atoms with van der Waals surface area (Å²) >= 11 is 0. The van der Waals surface area contributed by atoms with E-state index >= 15 is 0 Å². The van der Waals surface area contributed by atoms with Gasteiger partial charge in [-0.15, -0.1) is 0 Å². The Bertz CT molecular complexity index is 1020. The molecule has 0 aliphatic heterocycles. The van der Waals surface area contributed by atoms with Crippen LogP contribution in [-0.2, 0) is 23.0 Å². The molecule has 2 aromatic rings. The average Bonchev–Trinajstić information content (AvgIpc) is 2.95. The van der Waals surface area contributed by atoms with E-state index < -0.39 is 10.1 Å². The maximum absolute atomic E-state index is 13.8. The van der Waals surface area contributed by atoms with Gasteiger partial charge in [-0.3, -0.25) is 9.23 Å². The SMILES string of the molecule is O=S(=O)(O)C=Cc1nn(C2CCCCC2)c2c1CCCCC2Cc1cccc(F)c1. The monoisotopic (exact) mass is 432 g/mol. The molecular formula is C23H29FN2O3S. The summed E-state index contributed by atoms with van der Waals surface area (Å²) in [7, 11) is -4.21. The number of hydrogen-bond donors (Lipinski definition) is 1. The van der Waals surface area contributed by atoms with Crippen molar-refractivity contribution in [2.24, 2.45) is 0 Å². The number of halogens is 1. The van der Waals surface area contributed by atoms with Crippen LogP contribution < -0.4 is 0 Å². The van der Waals surface area contributed by atoms with E-state index in [2.05, 4.69) is 4.68 Å². The minimum absolute atomic E-state index is 0.214. The van der Waals surface area contributed by atoms with Gasteiger partial charge in [0.1, 0.15) is 5.82 Å². The molecule has 1 atom stereocenters. The second-order valence-corrected chi connectivity index (χ2v) is 9.88. The lowest BCUT2D eigenvalue weighted by Gasteiger charge is -2.27. The molecule has 1 saturated carbocycles. The van der Waals surface area contributed by atoms with Crippen molar-refractivity contribution in [1.29, 1.82) is 0 Å². The average molecular weight is 433 g/mol. The summed E-state index contributed by atoms with van der Waals surface area (Å²) < 4.78 is 47.7. The van der Waals surface area contributed by atoms with Crippen LogP contribution in [0.4, 0.5) is 4.39 Å². The second kappa shape index (κ2) is 9.02. The van der Waals surface area contributed by atoms with Gasteiger partial charge in [-0.2, -0.15) is 13.5 Å². The number of benzene rings is 1. The molecule has 4 rings (SSSR count). The van der Waals surface area contributed by atoms with Crippen molar-refractivity contribution in [2.75, 3.05) is 0 Å². The highest BCUT2D eigenvalue weighted by Gasteiger charge is 2.30. The zero-order valence-electron chi connectivity index (χ0n) is 17.1. The summed E-state index contributed by atoms with van der Waals surface area (Å²) in [4.78, 5) is 0. The van der Waals surface area contributed by atoms with Crippen LogP contribution >= 0.6 is 0 Å². The van der Waals surface area contributed by atoms with Crippen LogP contribution in [-0.4, -0.2) is 22.8 Å². The van der Waals surface area contributed by atoms with Gasteiger partial charge in [0.25, 0.3) is 10.1 Å². The lowest BCUT2D eigenvalue weighted by Crippen LogP contribution is -2.19. The zero-order chi connectivity index (χ0) is 21.1. The summed E-state index contributed by atoms with van der Waals surface area (Å²) in [6.07, 6.45) is 11.8. The van der Waals surface area contributed by atoms with Crippen molar-refractivity contribution in [3.63, 3.8) is 0 Å². The van der Waals surface area contributed by atoms with Crippen molar-refractivity contribution in [2.45, 2.75) is 76.2 Å². The molecule has 162 valence electrons. The fourth-order valence-corrected chi connectivity index (χ4v) is 5.35. The maximum atomic E-state index is 13.8. The van der Waals surface area contributed by atoms with E-state index in [0.717, 1.165) is 61.5 Å². The molecule has 7 heteroatoms. The molecule has 0 radical (unpaired) electrons. The Morgan fingerprint density at radius 1 is 1.13 bits per heavy atom. The molecule has 0 amide bonds. The van der Waals surface area contributed by atoms with Gasteiger partial charge >= 0.3 is 0 Å². The van der Waals surface area contributed by atoms with Crippen LogP contribution in [0.3, 0.4) is 0 Å². The third-order valence-electron chi connectivity index (χ3n) is 6.39. The van der Waals surface area contributed by atoms with Crippen LogP contribution in [0.5, 0.6) is 0 Å². The number of hydrogen-bond acceptors (Lipinski definition) is 3. The Kier molecular flexibility index (Phi) is 6.39. The molecule has 1 aromatic heterocycles. The summed E-state index contributed by atoms with van der Waals surface area (Å²) in [5.74, 6) is -0.00878. The highest BCUT2D eigenvalue weighted by atomic mass is 32.2. The van der Waals surface area contributed by atoms with E-state index in [1.54, 1.807) is 12.1 Å². The summed E-state index contributed by atoms with van der Waals surface area (Å²) in [6.45, 7) is 0. The molecule has 0 bridgehead atoms. The van der Waals surface area contributed by atoms with Gasteiger partial charge in [0, 0.05) is 17.2 Å². The Labute approximate surface area is 177 Å². The summed E-state index contributed by atoms with van der Waals surface area (Å²) in [5, 5.41) is 5.68. The van der Waals surface area contributed by atoms with Crippen molar-refractivity contribution in [3.05, 3.63) is 58.0 Å². The van der Waals surface area contributed by atoms with Crippen molar-refractivity contribution in [3.8, 4) is 0 Å². The van der Waals surface area contributed by atoms with Gasteiger partial charge in [-0.1, -0.05) is 37.8 Å². The molecular weight excluding hydrogens is 403 g/mol. The smallest absolute Gasteiger partial charge is 0.282 e. The molecule has 0 saturated heterocycles. The maximum Gasteiger partial charge on any atom is 0.287 e. The van der Waals surface area contributed by atoms with Gasteiger partial charge in [0.2, 0.25) is 0 Å². The van der Waals surface area contributed by atoms with Gasteiger partial charge in [-0.05, 0) is 62.3 Å². The Morgan fingerprint density at radius 3 is 2.63 bits per heavy atom. The van der Waals surface area contributed by atoms with E-state index in [-0.39, 0.29) is 11.7 Å². The predicted molar refractivity (Wildman–Crippen MR) is 115 cm³/mol. The Balaban J connectivity index is 1.78. The van der Waals surface area contributed by atoms with E-state index in [0.29, 0.717) is 11.7 Å². The van der Waals surface area contributed by atoms with Crippen molar-refractivity contribution < 1.29 is 17.4 Å². The van der Waals surface area contributed by atoms with E-state index in [4.69, 9.17) is 5.10 Å². The number of nitrogens with zero attached hydrogens (tertiary/aromatic N) is 2. The minimum atomic E-state index is -4.21. The first-order valence-corrected chi connectivity index (χ1v) is 12.4. The first-order chi connectivity index (χ1) is 14.4. The molecule has 2 aliphatic carbocycles. The van der Waals surface area contributed by atoms with E-state index in [9.17, 15) is 17.4 Å². The molecule has 1 unspecified atom stereocenters. The zero-order valence-corrected chi connectivity index (χ0v) is 18.0. The topological polar surface area (TPSA) is 72.2 Å². The van der Waals surface area contributed by atoms with Crippen molar-refractivity contribution in [1.82, 2.24) is 9.78 Å². The van der Waals surface area contributed by atoms with Crippen LogP contribution in [0, 0.1) is 5.82 Å². The highest BCUT2D eigenvalue weighted by Crippen LogP contribution is 2.39. The molecule has 0 spiro atoms. The lowest BCUT2D eigenvalue weighted by atomic mass is 9.89. The third-order valence-corrected chi connectivity index (χ3v) is 6.87. The highest BCUT2D eigenvalue weighted by molar-refractivity contribution is 7.88. The van der Waals surface area contributed by atoms with Gasteiger partial charge in [-0.25, -0.2) is 4.39 Å². The molecule has 1 fully saturated rings. The van der Waals surface area contributed by atoms with Crippen LogP contribution in [0.1, 0.15) is 85.8 Å². The largest absolute Gasteiger partial charge is 0.287 e. The van der Waals surface area contributed by atoms with Gasteiger partial charge in [0.05, 0.1) is 17.1 Å². The second-order valence-electron chi connectivity index (χ2n) is 8.58. The first-order valence-electron chi connectivity index (χ1n) is 10.9. The normalized spacial score (nSPS) is 20.9. The molecule has 1 heterocycles. The summed E-state index contributed by atoms with van der Waals surface area (Å²) in [5.41, 5.74) is 3.87. The van der Waals surface area contributed by atoms with E-state index in [1.165, 1.54) is 37.1 Å². The van der Waals surface area contributed by atoms with Crippen LogP contribution in [0.25, 0.3) is 6.08 Å². The fraction of sp³-hybridized carbons (Fsp3) is 0.522.